The number of aromatic nitrogens is 7. The van der Waals surface area contributed by atoms with E-state index in [2.05, 4.69) is 29.6 Å². The standard InChI is InChI=1S/C20H23N9O14P2/c21-6-1-2-23-13-7(6)24-3-28(13)16-9(30)12-19(38-16)37-5-44(33,34)41-11-10(31)18(40-43-45(35,36)42-12)39-17(11)29-4-25-8-14(29)26-20(22)27-15(8)32/h1-4,9-12,16-19,30-31H,5H2,(H2,21,23)(H,33,34)(H,35,36)(H3,22,26,27,32)/t9-,10?,11-,12?,16+,17+,18+,19-/m0/s1. The number of nitrogens with one attached hydrogen (secondary N) is 1. The maximum atomic E-state index is 13.2. The van der Waals surface area contributed by atoms with Crippen molar-refractivity contribution in [2.24, 2.45) is 0 Å². The van der Waals surface area contributed by atoms with Crippen LogP contribution in [0.2, 0.25) is 0 Å². The molecule has 45 heavy (non-hydrogen) atoms. The number of phosphoric acid groups is 1. The van der Waals surface area contributed by atoms with Gasteiger partial charge in [-0.3, -0.25) is 32.5 Å². The Morgan fingerprint density at radius 1 is 0.911 bits per heavy atom. The van der Waals surface area contributed by atoms with E-state index < -0.39 is 76.8 Å². The van der Waals surface area contributed by atoms with Crippen molar-refractivity contribution in [2.75, 3.05) is 17.8 Å². The van der Waals surface area contributed by atoms with Crippen LogP contribution in [0.3, 0.4) is 0 Å². The summed E-state index contributed by atoms with van der Waals surface area (Å²) in [5, 5.41) is 22.0. The molecule has 0 spiro atoms. The Kier molecular flexibility index (Phi) is 7.29. The highest BCUT2D eigenvalue weighted by atomic mass is 31.2. The number of pyridine rings is 1. The summed E-state index contributed by atoms with van der Waals surface area (Å²) in [7, 11) is -10.2. The van der Waals surface area contributed by atoms with E-state index in [4.69, 9.17) is 39.6 Å². The topological polar surface area (TPSA) is 326 Å². The fourth-order valence-electron chi connectivity index (χ4n) is 5.06. The molecule has 242 valence electrons. The molecule has 0 aliphatic carbocycles. The molecule has 4 aromatic rings. The van der Waals surface area contributed by atoms with Crippen molar-refractivity contribution in [3.8, 4) is 0 Å². The number of hydrogen-bond acceptors (Lipinski definition) is 18. The average Bonchev–Trinajstić information content (AvgIpc) is 3.72. The highest BCUT2D eigenvalue weighted by Crippen LogP contribution is 2.53. The Bertz CT molecular complexity index is 1940. The smallest absolute Gasteiger partial charge is 0.397 e. The second-order valence-electron chi connectivity index (χ2n) is 9.98. The fourth-order valence-corrected chi connectivity index (χ4v) is 6.82. The lowest BCUT2D eigenvalue weighted by Gasteiger charge is -2.25. The molecule has 4 aromatic heterocycles. The van der Waals surface area contributed by atoms with E-state index in [1.807, 2.05) is 0 Å². The Hall–Kier alpha value is -3.41. The summed E-state index contributed by atoms with van der Waals surface area (Å²) in [6, 6.07) is 1.49. The zero-order valence-corrected chi connectivity index (χ0v) is 24.0. The minimum atomic E-state index is -5.30. The number of anilines is 2. The molecule has 4 unspecified atom stereocenters. The van der Waals surface area contributed by atoms with Crippen LogP contribution in [-0.2, 0) is 42.0 Å². The minimum Gasteiger partial charge on any atom is -0.397 e. The van der Waals surface area contributed by atoms with E-state index >= 15 is 0 Å². The molecule has 2 bridgehead atoms. The van der Waals surface area contributed by atoms with Gasteiger partial charge in [-0.15, -0.1) is 4.67 Å². The van der Waals surface area contributed by atoms with Crippen molar-refractivity contribution in [3.63, 3.8) is 0 Å². The van der Waals surface area contributed by atoms with Crippen molar-refractivity contribution in [3.05, 3.63) is 35.3 Å². The van der Waals surface area contributed by atoms with Gasteiger partial charge in [-0.25, -0.2) is 19.5 Å². The third-order valence-corrected chi connectivity index (χ3v) is 8.84. The number of aliphatic hydroxyl groups excluding tert-OH is 2. The molecule has 25 heteroatoms. The van der Waals surface area contributed by atoms with Crippen molar-refractivity contribution in [1.29, 1.82) is 0 Å². The van der Waals surface area contributed by atoms with E-state index in [1.54, 1.807) is 0 Å². The van der Waals surface area contributed by atoms with Crippen LogP contribution in [0.15, 0.2) is 29.7 Å². The number of H-pyrrole nitrogens is 1. The van der Waals surface area contributed by atoms with Gasteiger partial charge in [-0.05, 0) is 6.07 Å². The molecule has 23 nitrogen and oxygen atoms in total. The monoisotopic (exact) mass is 675 g/mol. The first kappa shape index (κ1) is 30.3. The number of imidazole rings is 2. The zero-order valence-electron chi connectivity index (χ0n) is 22.2. The zero-order chi connectivity index (χ0) is 31.8. The van der Waals surface area contributed by atoms with E-state index in [0.29, 0.717) is 0 Å². The Morgan fingerprint density at radius 3 is 2.40 bits per heavy atom. The predicted molar refractivity (Wildman–Crippen MR) is 142 cm³/mol. The van der Waals surface area contributed by atoms with Gasteiger partial charge in [0.05, 0.1) is 18.3 Å². The number of nitrogens with two attached hydrogens (primary N) is 2. The maximum absolute atomic E-state index is 13.2. The molecular formula is C20H23N9O14P2. The van der Waals surface area contributed by atoms with E-state index in [1.165, 1.54) is 23.2 Å². The summed E-state index contributed by atoms with van der Waals surface area (Å²) in [5.41, 5.74) is 11.1. The summed E-state index contributed by atoms with van der Waals surface area (Å²) in [6.45, 7) is 0. The molecule has 3 aliphatic rings. The SMILES string of the molecule is Nc1nc2c(ncn2[C@@H]2O[C@@H]3OOP(=O)(O)OC4[C@@H](OCP(=O)(O)O[C@H]2C3O)O[C@@H](n2cnc3c(N)ccnc32)[C@H]4O)c(=O)[nH]1. The molecule has 9 N–H and O–H groups in total. The summed E-state index contributed by atoms with van der Waals surface area (Å²) >= 11 is 0. The lowest BCUT2D eigenvalue weighted by molar-refractivity contribution is -0.342. The Balaban J connectivity index is 1.21. The second kappa shape index (κ2) is 10.8. The van der Waals surface area contributed by atoms with Crippen LogP contribution >= 0.6 is 15.4 Å². The van der Waals surface area contributed by atoms with Gasteiger partial charge in [-0.2, -0.15) is 9.87 Å². The maximum Gasteiger partial charge on any atom is 0.500 e. The predicted octanol–water partition coefficient (Wildman–Crippen LogP) is -1.85. The number of rotatable bonds is 2. The second-order valence-corrected chi connectivity index (χ2v) is 13.0. The normalized spacial score (nSPS) is 37.7. The highest BCUT2D eigenvalue weighted by Gasteiger charge is 2.54. The molecule has 3 fully saturated rings. The third kappa shape index (κ3) is 5.32. The van der Waals surface area contributed by atoms with Crippen LogP contribution < -0.4 is 17.0 Å². The Morgan fingerprint density at radius 2 is 1.62 bits per heavy atom. The molecule has 3 aliphatic heterocycles. The van der Waals surface area contributed by atoms with Gasteiger partial charge in [-0.1, -0.05) is 0 Å². The number of fused-ring (bicyclic) bond motifs is 5. The lowest BCUT2D eigenvalue weighted by Crippen LogP contribution is -2.35. The molecule has 7 heterocycles. The van der Waals surface area contributed by atoms with Gasteiger partial charge in [0.2, 0.25) is 12.2 Å². The quantitative estimate of drug-likeness (QED) is 0.0905. The van der Waals surface area contributed by atoms with Gasteiger partial charge in [0.15, 0.2) is 48.0 Å². The minimum absolute atomic E-state index is 0.162. The fraction of sp³-hybridized carbons (Fsp3) is 0.450. The number of ether oxygens (including phenoxy) is 3. The van der Waals surface area contributed by atoms with Crippen molar-refractivity contribution >= 4 is 49.4 Å². The van der Waals surface area contributed by atoms with Crippen LogP contribution in [0.1, 0.15) is 12.5 Å². The largest absolute Gasteiger partial charge is 0.500 e. The highest BCUT2D eigenvalue weighted by molar-refractivity contribution is 7.52. The van der Waals surface area contributed by atoms with Crippen LogP contribution in [0.5, 0.6) is 0 Å². The van der Waals surface area contributed by atoms with Crippen molar-refractivity contribution < 1.29 is 62.0 Å². The third-order valence-electron chi connectivity index (χ3n) is 7.01. The number of hydrogen-bond donors (Lipinski definition) is 7. The molecule has 0 radical (unpaired) electrons. The lowest BCUT2D eigenvalue weighted by atomic mass is 10.2. The van der Waals surface area contributed by atoms with Gasteiger partial charge < -0.3 is 45.7 Å². The van der Waals surface area contributed by atoms with E-state index in [9.17, 15) is 33.9 Å². The molecule has 0 aromatic carbocycles. The van der Waals surface area contributed by atoms with Crippen LogP contribution in [0.25, 0.3) is 22.3 Å². The summed E-state index contributed by atoms with van der Waals surface area (Å²) in [6.07, 6.45) is -11.6. The number of aromatic amines is 1. The molecular weight excluding hydrogens is 652 g/mol. The van der Waals surface area contributed by atoms with Gasteiger partial charge in [0, 0.05) is 6.20 Å². The van der Waals surface area contributed by atoms with Crippen LogP contribution in [0.4, 0.5) is 11.6 Å². The molecule has 7 rings (SSSR count). The molecule has 10 atom stereocenters. The molecule has 0 saturated carbocycles. The summed E-state index contributed by atoms with van der Waals surface area (Å²) in [4.78, 5) is 56.8. The van der Waals surface area contributed by atoms with Gasteiger partial charge >= 0.3 is 15.4 Å². The van der Waals surface area contributed by atoms with Gasteiger partial charge in [0.25, 0.3) is 5.56 Å². The van der Waals surface area contributed by atoms with Gasteiger partial charge in [0.1, 0.15) is 23.8 Å². The number of nitrogen functional groups attached to an aromatic ring is 2. The molecule has 0 amide bonds. The Labute approximate surface area is 248 Å². The number of nitrogens with zero attached hydrogens (tertiary/aromatic N) is 6. The van der Waals surface area contributed by atoms with Crippen molar-refractivity contribution in [2.45, 2.75) is 49.5 Å². The molecule has 3 saturated heterocycles. The first-order chi connectivity index (χ1) is 21.3. The summed E-state index contributed by atoms with van der Waals surface area (Å²) in [5.74, 6) is -0.308. The summed E-state index contributed by atoms with van der Waals surface area (Å²) < 4.78 is 60.2. The van der Waals surface area contributed by atoms with Crippen molar-refractivity contribution in [1.82, 2.24) is 34.1 Å². The number of phosphoric ester groups is 1. The van der Waals surface area contributed by atoms with Crippen LogP contribution in [0, 0.1) is 0 Å². The van der Waals surface area contributed by atoms with Crippen LogP contribution in [-0.4, -0.2) is 97.4 Å². The average molecular weight is 675 g/mol. The van der Waals surface area contributed by atoms with E-state index in [-0.39, 0.29) is 34.0 Å². The first-order valence-electron chi connectivity index (χ1n) is 12.8. The van der Waals surface area contributed by atoms with E-state index in [0.717, 1.165) is 10.9 Å². The number of aliphatic hydroxyl groups is 2. The first-order valence-corrected chi connectivity index (χ1v) is 16.0.